The van der Waals surface area contributed by atoms with Crippen LogP contribution in [0.5, 0.6) is 0 Å². The topological polar surface area (TPSA) is 160 Å². The molecule has 11 heteroatoms. The number of ketones is 1. The van der Waals surface area contributed by atoms with Gasteiger partial charge in [0.2, 0.25) is 5.91 Å². The number of hydrogen-bond donors (Lipinski definition) is 2. The first-order valence-electron chi connectivity index (χ1n) is 18.3. The summed E-state index contributed by atoms with van der Waals surface area (Å²) in [6.07, 6.45) is 18.2. The Morgan fingerprint density at radius 3 is 1.37 bits per heavy atom. The molecule has 0 bridgehead atoms. The summed E-state index contributed by atoms with van der Waals surface area (Å²) < 4.78 is 5.66. The molecular weight excluding hydrogens is 588 g/mol. The molecule has 0 aromatic carbocycles. The smallest absolute Gasteiger partial charge is 0.306 e. The summed E-state index contributed by atoms with van der Waals surface area (Å²) in [5, 5.41) is 11.3. The molecule has 2 amide bonds. The van der Waals surface area contributed by atoms with E-state index in [-0.39, 0.29) is 18.6 Å². The number of Topliss-reactive ketones (excluding diaryl/α,β-unsaturated/α-hetero) is 1. The van der Waals surface area contributed by atoms with Gasteiger partial charge in [0, 0.05) is 32.4 Å². The Hall–Kier alpha value is -2.72. The Labute approximate surface area is 277 Å². The highest BCUT2D eigenvalue weighted by Crippen LogP contribution is 2.20. The number of carbonyl (C=O) groups is 4. The van der Waals surface area contributed by atoms with Crippen molar-refractivity contribution in [2.45, 2.75) is 168 Å². The number of esters is 1. The second-order valence-corrected chi connectivity index (χ2v) is 12.4. The van der Waals surface area contributed by atoms with E-state index in [1.165, 1.54) is 0 Å². The molecule has 0 aliphatic heterocycles. The summed E-state index contributed by atoms with van der Waals surface area (Å²) in [4.78, 5) is 72.4. The third-order valence-corrected chi connectivity index (χ3v) is 8.10. The standard InChI is InChI=1S/C35H64N4O7/c1-3-25-36-34(42)31(29-30(40)23-19-15-11-7-5-9-13-17-21-27-38-44)33(35(43)37-26-4-2)46-32(41)24-20-16-12-8-6-10-14-18-22-28-39-45/h31,33H,3-29H2,1-2H3,(H,36,42)(H,37,43)/t31-,33-/m1/s1. The molecule has 266 valence electrons. The number of amides is 2. The first-order valence-corrected chi connectivity index (χ1v) is 18.3. The average molecular weight is 653 g/mol. The summed E-state index contributed by atoms with van der Waals surface area (Å²) in [5.41, 5.74) is 0. The molecule has 0 unspecified atom stereocenters. The Morgan fingerprint density at radius 1 is 0.543 bits per heavy atom. The lowest BCUT2D eigenvalue weighted by atomic mass is 9.92. The highest BCUT2D eigenvalue weighted by atomic mass is 16.5. The number of rotatable bonds is 34. The summed E-state index contributed by atoms with van der Waals surface area (Å²) >= 11 is 0. The zero-order chi connectivity index (χ0) is 34.1. The maximum absolute atomic E-state index is 13.2. The number of ether oxygens (including phenoxy) is 1. The predicted molar refractivity (Wildman–Crippen MR) is 183 cm³/mol. The second kappa shape index (κ2) is 32.2. The van der Waals surface area contributed by atoms with Crippen molar-refractivity contribution in [2.24, 2.45) is 16.3 Å². The fraction of sp³-hybridized carbons (Fsp3) is 0.886. The van der Waals surface area contributed by atoms with Crippen molar-refractivity contribution in [3.63, 3.8) is 0 Å². The third-order valence-electron chi connectivity index (χ3n) is 8.10. The average Bonchev–Trinajstić information content (AvgIpc) is 3.05. The normalized spacial score (nSPS) is 12.2. The third kappa shape index (κ3) is 25.5. The molecule has 11 nitrogen and oxygen atoms in total. The number of carbonyl (C=O) groups excluding carboxylic acids is 4. The predicted octanol–water partition coefficient (Wildman–Crippen LogP) is 7.86. The lowest BCUT2D eigenvalue weighted by Gasteiger charge is -2.25. The SMILES string of the molecule is CCCNC(=O)[C@H](CC(=O)CCCCCCCCCCCN=O)[C@@H](OC(=O)CCCCCCCCCCCN=O)C(=O)NCCC. The minimum absolute atomic E-state index is 0.106. The van der Waals surface area contributed by atoms with Crippen LogP contribution in [0.4, 0.5) is 0 Å². The molecule has 2 N–H and O–H groups in total. The Bertz CT molecular complexity index is 759. The van der Waals surface area contributed by atoms with Gasteiger partial charge in [0.1, 0.15) is 5.78 Å². The van der Waals surface area contributed by atoms with Crippen LogP contribution in [0.15, 0.2) is 10.4 Å². The van der Waals surface area contributed by atoms with Crippen molar-refractivity contribution < 1.29 is 23.9 Å². The highest BCUT2D eigenvalue weighted by Gasteiger charge is 2.38. The van der Waals surface area contributed by atoms with Crippen LogP contribution < -0.4 is 10.6 Å². The Morgan fingerprint density at radius 2 is 0.935 bits per heavy atom. The molecule has 0 aromatic rings. The minimum atomic E-state index is -1.35. The maximum Gasteiger partial charge on any atom is 0.306 e. The van der Waals surface area contributed by atoms with Crippen LogP contribution in [-0.4, -0.2) is 55.8 Å². The first-order chi connectivity index (χ1) is 22.4. The van der Waals surface area contributed by atoms with E-state index in [9.17, 15) is 29.0 Å². The molecule has 0 saturated carbocycles. The van der Waals surface area contributed by atoms with Gasteiger partial charge in [-0.15, -0.1) is 0 Å². The Balaban J connectivity index is 4.84. The molecule has 0 aromatic heterocycles. The molecule has 2 atom stereocenters. The molecule has 0 aliphatic carbocycles. The van der Waals surface area contributed by atoms with Crippen molar-refractivity contribution in [2.75, 3.05) is 26.2 Å². The fourth-order valence-corrected chi connectivity index (χ4v) is 5.35. The van der Waals surface area contributed by atoms with Crippen molar-refractivity contribution in [1.29, 1.82) is 0 Å². The van der Waals surface area contributed by atoms with Gasteiger partial charge in [0.25, 0.3) is 5.91 Å². The number of nitrogens with zero attached hydrogens (tertiary/aromatic N) is 2. The van der Waals surface area contributed by atoms with E-state index in [1.807, 2.05) is 13.8 Å². The zero-order valence-electron chi connectivity index (χ0n) is 29.0. The second-order valence-electron chi connectivity index (χ2n) is 12.4. The van der Waals surface area contributed by atoms with Crippen LogP contribution in [-0.2, 0) is 23.9 Å². The van der Waals surface area contributed by atoms with Crippen LogP contribution in [0.2, 0.25) is 0 Å². The number of hydrogen-bond acceptors (Lipinski definition) is 9. The quantitative estimate of drug-likeness (QED) is 0.0406. The van der Waals surface area contributed by atoms with E-state index in [4.69, 9.17) is 4.74 Å². The number of unbranched alkanes of at least 4 members (excludes halogenated alkanes) is 16. The van der Waals surface area contributed by atoms with Crippen LogP contribution in [0, 0.1) is 15.7 Å². The molecule has 0 rings (SSSR count). The summed E-state index contributed by atoms with van der Waals surface area (Å²) in [6, 6.07) is 0. The van der Waals surface area contributed by atoms with Gasteiger partial charge in [-0.25, -0.2) is 0 Å². The molecule has 0 radical (unpaired) electrons. The minimum Gasteiger partial charge on any atom is -0.451 e. The zero-order valence-corrected chi connectivity index (χ0v) is 29.0. The largest absolute Gasteiger partial charge is 0.451 e. The summed E-state index contributed by atoms with van der Waals surface area (Å²) in [5.74, 6) is -2.68. The van der Waals surface area contributed by atoms with E-state index in [2.05, 4.69) is 21.0 Å². The lowest BCUT2D eigenvalue weighted by Crippen LogP contribution is -2.49. The van der Waals surface area contributed by atoms with E-state index in [0.29, 0.717) is 51.9 Å². The van der Waals surface area contributed by atoms with Crippen LogP contribution in [0.25, 0.3) is 0 Å². The molecule has 0 saturated heterocycles. The molecular formula is C35H64N4O7. The van der Waals surface area contributed by atoms with Gasteiger partial charge in [0.05, 0.1) is 19.0 Å². The van der Waals surface area contributed by atoms with Gasteiger partial charge in [-0.05, 0) is 38.5 Å². The Kier molecular flexibility index (Phi) is 30.3. The molecule has 0 heterocycles. The molecule has 0 fully saturated rings. The van der Waals surface area contributed by atoms with Gasteiger partial charge < -0.3 is 15.4 Å². The van der Waals surface area contributed by atoms with Crippen LogP contribution in [0.1, 0.15) is 162 Å². The van der Waals surface area contributed by atoms with Gasteiger partial charge in [-0.3, -0.25) is 19.2 Å². The fourth-order valence-electron chi connectivity index (χ4n) is 5.35. The van der Waals surface area contributed by atoms with Gasteiger partial charge >= 0.3 is 5.97 Å². The van der Waals surface area contributed by atoms with Gasteiger partial charge in [-0.2, -0.15) is 9.81 Å². The van der Waals surface area contributed by atoms with E-state index in [1.54, 1.807) is 0 Å². The van der Waals surface area contributed by atoms with Crippen molar-refractivity contribution in [3.8, 4) is 0 Å². The van der Waals surface area contributed by atoms with E-state index < -0.39 is 29.8 Å². The number of nitrogens with one attached hydrogen (secondary N) is 2. The summed E-state index contributed by atoms with van der Waals surface area (Å²) in [6.45, 7) is 5.41. The van der Waals surface area contributed by atoms with Crippen molar-refractivity contribution >= 4 is 23.6 Å². The lowest BCUT2D eigenvalue weighted by molar-refractivity contribution is -0.162. The van der Waals surface area contributed by atoms with Crippen LogP contribution in [0.3, 0.4) is 0 Å². The van der Waals surface area contributed by atoms with Crippen molar-refractivity contribution in [1.82, 2.24) is 10.6 Å². The van der Waals surface area contributed by atoms with E-state index >= 15 is 0 Å². The van der Waals surface area contributed by atoms with E-state index in [0.717, 1.165) is 109 Å². The molecule has 46 heavy (non-hydrogen) atoms. The number of nitroso groups, excluding NO2 is 2. The van der Waals surface area contributed by atoms with Crippen molar-refractivity contribution in [3.05, 3.63) is 9.81 Å². The highest BCUT2D eigenvalue weighted by molar-refractivity contribution is 5.94. The monoisotopic (exact) mass is 652 g/mol. The van der Waals surface area contributed by atoms with Gasteiger partial charge in [0.15, 0.2) is 6.10 Å². The van der Waals surface area contributed by atoms with Crippen LogP contribution >= 0.6 is 0 Å². The molecule has 0 aliphatic rings. The maximum atomic E-state index is 13.2. The molecule has 0 spiro atoms. The van der Waals surface area contributed by atoms with Gasteiger partial charge in [-0.1, -0.05) is 114 Å². The summed E-state index contributed by atoms with van der Waals surface area (Å²) in [7, 11) is 0. The first kappa shape index (κ1) is 43.3.